The van der Waals surface area contributed by atoms with E-state index in [1.54, 1.807) is 6.92 Å². The Balaban J connectivity index is 1.50. The lowest BCUT2D eigenvalue weighted by molar-refractivity contribution is -0.253. The fourth-order valence-corrected chi connectivity index (χ4v) is 11.8. The molecule has 0 bridgehead atoms. The van der Waals surface area contributed by atoms with Crippen LogP contribution < -0.4 is 0 Å². The molecular formula is C32H52O2. The van der Waals surface area contributed by atoms with Crippen LogP contribution in [0.15, 0.2) is 12.2 Å². The molecule has 5 aliphatic carbocycles. The summed E-state index contributed by atoms with van der Waals surface area (Å²) in [6.45, 7) is 24.2. The lowest BCUT2D eigenvalue weighted by Gasteiger charge is -2.73. The number of hydrogen-bond donors (Lipinski definition) is 0. The highest BCUT2D eigenvalue weighted by Crippen LogP contribution is 2.77. The average Bonchev–Trinajstić information content (AvgIpc) is 2.74. The van der Waals surface area contributed by atoms with Gasteiger partial charge in [-0.1, -0.05) is 60.6 Å². The van der Waals surface area contributed by atoms with Crippen LogP contribution in [0.2, 0.25) is 0 Å². The molecule has 192 valence electrons. The third-order valence-electron chi connectivity index (χ3n) is 13.8. The highest BCUT2D eigenvalue weighted by molar-refractivity contribution is 5.66. The van der Waals surface area contributed by atoms with E-state index in [9.17, 15) is 4.79 Å². The monoisotopic (exact) mass is 468 g/mol. The molecule has 10 atom stereocenters. The second kappa shape index (κ2) is 7.61. The molecule has 34 heavy (non-hydrogen) atoms. The highest BCUT2D eigenvalue weighted by Gasteiger charge is 2.70. The first-order valence-electron chi connectivity index (χ1n) is 14.6. The molecule has 10 unspecified atom stereocenters. The largest absolute Gasteiger partial charge is 0.462 e. The Labute approximate surface area is 210 Å². The number of carbonyl (C=O) groups is 1. The number of allylic oxidation sites excluding steroid dienone is 1. The van der Waals surface area contributed by atoms with Gasteiger partial charge < -0.3 is 4.74 Å². The summed E-state index contributed by atoms with van der Waals surface area (Å²) in [4.78, 5) is 11.9. The average molecular weight is 469 g/mol. The first kappa shape index (κ1) is 24.9. The number of carbonyl (C=O) groups excluding carboxylic acids is 1. The van der Waals surface area contributed by atoms with Crippen molar-refractivity contribution in [2.24, 2.45) is 56.7 Å². The summed E-state index contributed by atoms with van der Waals surface area (Å²) in [6.07, 6.45) is 13.2. The zero-order valence-corrected chi connectivity index (χ0v) is 23.6. The summed E-state index contributed by atoms with van der Waals surface area (Å²) in [6, 6.07) is 0. The van der Waals surface area contributed by atoms with Crippen molar-refractivity contribution in [2.75, 3.05) is 0 Å². The van der Waals surface area contributed by atoms with Gasteiger partial charge in [0.15, 0.2) is 0 Å². The van der Waals surface area contributed by atoms with E-state index >= 15 is 0 Å². The third kappa shape index (κ3) is 3.08. The van der Waals surface area contributed by atoms with Gasteiger partial charge in [0.2, 0.25) is 0 Å². The molecular weight excluding hydrogens is 416 g/mol. The van der Waals surface area contributed by atoms with Gasteiger partial charge in [-0.05, 0) is 115 Å². The predicted octanol–water partition coefficient (Wildman–Crippen LogP) is 8.60. The van der Waals surface area contributed by atoms with E-state index in [4.69, 9.17) is 4.74 Å². The molecule has 0 aliphatic heterocycles. The van der Waals surface area contributed by atoms with Gasteiger partial charge in [0.05, 0.1) is 0 Å². The van der Waals surface area contributed by atoms with Crippen molar-refractivity contribution in [3.05, 3.63) is 12.2 Å². The van der Waals surface area contributed by atoms with Crippen LogP contribution in [0, 0.1) is 56.7 Å². The van der Waals surface area contributed by atoms with Gasteiger partial charge in [0.1, 0.15) is 6.10 Å². The highest BCUT2D eigenvalue weighted by atomic mass is 16.5. The fraction of sp³-hybridized carbons (Fsp3) is 0.906. The summed E-state index contributed by atoms with van der Waals surface area (Å²) in [5.41, 5.74) is 3.28. The molecule has 0 aromatic rings. The molecule has 2 nitrogen and oxygen atoms in total. The number of fused-ring (bicyclic) bond motifs is 7. The summed E-state index contributed by atoms with van der Waals surface area (Å²) >= 11 is 0. The maximum Gasteiger partial charge on any atom is 0.302 e. The molecule has 0 N–H and O–H groups in total. The van der Waals surface area contributed by atoms with Gasteiger partial charge in [0.25, 0.3) is 0 Å². The van der Waals surface area contributed by atoms with Gasteiger partial charge in [-0.15, -0.1) is 0 Å². The normalized spacial score (nSPS) is 54.2. The topological polar surface area (TPSA) is 26.3 Å². The SMILES string of the molecule is C=C1CCC2(C)CCC3(C)C(CCC4C5(C)CCC(OC(C)=O)C(C)(C)C5CCC43C)C2C1C. The van der Waals surface area contributed by atoms with E-state index in [0.717, 1.165) is 24.2 Å². The number of rotatable bonds is 1. The van der Waals surface area contributed by atoms with Gasteiger partial charge >= 0.3 is 5.97 Å². The Hall–Kier alpha value is -0.790. The van der Waals surface area contributed by atoms with Gasteiger partial charge in [-0.25, -0.2) is 0 Å². The van der Waals surface area contributed by atoms with Crippen LogP contribution in [-0.4, -0.2) is 12.1 Å². The minimum absolute atomic E-state index is 0.0541. The van der Waals surface area contributed by atoms with Crippen molar-refractivity contribution in [1.82, 2.24) is 0 Å². The molecule has 0 heterocycles. The summed E-state index contributed by atoms with van der Waals surface area (Å²) < 4.78 is 5.91. The van der Waals surface area contributed by atoms with E-state index in [1.165, 1.54) is 63.4 Å². The van der Waals surface area contributed by atoms with Crippen LogP contribution in [0.4, 0.5) is 0 Å². The number of hydrogen-bond acceptors (Lipinski definition) is 2. The predicted molar refractivity (Wildman–Crippen MR) is 140 cm³/mol. The maximum absolute atomic E-state index is 11.9. The molecule has 0 spiro atoms. The second-order valence-electron chi connectivity index (χ2n) is 15.3. The van der Waals surface area contributed by atoms with Crippen LogP contribution in [-0.2, 0) is 9.53 Å². The summed E-state index contributed by atoms with van der Waals surface area (Å²) in [7, 11) is 0. The van der Waals surface area contributed by atoms with E-state index < -0.39 is 0 Å². The van der Waals surface area contributed by atoms with E-state index in [2.05, 4.69) is 55.0 Å². The molecule has 0 aromatic heterocycles. The zero-order chi connectivity index (χ0) is 24.9. The van der Waals surface area contributed by atoms with E-state index in [0.29, 0.717) is 33.5 Å². The minimum Gasteiger partial charge on any atom is -0.462 e. The van der Waals surface area contributed by atoms with Crippen LogP contribution in [0.5, 0.6) is 0 Å². The van der Waals surface area contributed by atoms with Crippen LogP contribution >= 0.6 is 0 Å². The Bertz CT molecular complexity index is 872. The van der Waals surface area contributed by atoms with Crippen LogP contribution in [0.25, 0.3) is 0 Å². The lowest BCUT2D eigenvalue weighted by atomic mass is 9.31. The van der Waals surface area contributed by atoms with Crippen LogP contribution in [0.3, 0.4) is 0 Å². The number of ether oxygens (including phenoxy) is 1. The molecule has 0 saturated heterocycles. The minimum atomic E-state index is -0.108. The summed E-state index contributed by atoms with van der Waals surface area (Å²) in [5.74, 6) is 3.64. The van der Waals surface area contributed by atoms with Gasteiger partial charge in [-0.3, -0.25) is 4.79 Å². The van der Waals surface area contributed by atoms with Crippen LogP contribution in [0.1, 0.15) is 120 Å². The molecule has 5 rings (SSSR count). The van der Waals surface area contributed by atoms with Gasteiger partial charge in [-0.2, -0.15) is 0 Å². The first-order valence-corrected chi connectivity index (χ1v) is 14.6. The Morgan fingerprint density at radius 1 is 0.853 bits per heavy atom. The summed E-state index contributed by atoms with van der Waals surface area (Å²) in [5, 5.41) is 0. The maximum atomic E-state index is 11.9. The van der Waals surface area contributed by atoms with Crippen molar-refractivity contribution in [3.8, 4) is 0 Å². The first-order chi connectivity index (χ1) is 15.7. The Kier molecular flexibility index (Phi) is 5.57. The van der Waals surface area contributed by atoms with Crippen molar-refractivity contribution in [2.45, 2.75) is 126 Å². The van der Waals surface area contributed by atoms with E-state index in [-0.39, 0.29) is 17.5 Å². The lowest BCUT2D eigenvalue weighted by Crippen LogP contribution is -2.67. The van der Waals surface area contributed by atoms with Crippen molar-refractivity contribution < 1.29 is 9.53 Å². The molecule has 0 amide bonds. The molecule has 0 aromatic carbocycles. The third-order valence-corrected chi connectivity index (χ3v) is 13.8. The van der Waals surface area contributed by atoms with Gasteiger partial charge in [0, 0.05) is 12.3 Å². The quantitative estimate of drug-likeness (QED) is 0.284. The number of esters is 1. The zero-order valence-electron chi connectivity index (χ0n) is 23.6. The second-order valence-corrected chi connectivity index (χ2v) is 15.3. The molecule has 0 radical (unpaired) electrons. The van der Waals surface area contributed by atoms with Crippen molar-refractivity contribution in [3.63, 3.8) is 0 Å². The smallest absolute Gasteiger partial charge is 0.302 e. The molecule has 5 aliphatic rings. The Morgan fingerprint density at radius 2 is 1.56 bits per heavy atom. The molecule has 5 saturated carbocycles. The standard InChI is InChI=1S/C32H52O2/c1-20-12-15-29(6)18-19-31(8)23(27(29)21(20)2)10-11-25-30(7)16-14-26(34-22(3)33)28(4,5)24(30)13-17-32(25,31)9/h21,23-27H,1,10-19H2,2-9H3. The van der Waals surface area contributed by atoms with Crippen molar-refractivity contribution in [1.29, 1.82) is 0 Å². The van der Waals surface area contributed by atoms with Crippen molar-refractivity contribution >= 4 is 5.97 Å². The Morgan fingerprint density at radius 3 is 2.24 bits per heavy atom. The van der Waals surface area contributed by atoms with E-state index in [1.807, 2.05) is 0 Å². The molecule has 2 heteroatoms. The molecule has 5 fully saturated rings. The fourth-order valence-electron chi connectivity index (χ4n) is 11.8.